The molecule has 78 valence electrons. The first kappa shape index (κ1) is 10.8. The summed E-state index contributed by atoms with van der Waals surface area (Å²) < 4.78 is 6.58. The van der Waals surface area contributed by atoms with Crippen LogP contribution in [0.25, 0.3) is 0 Å². The summed E-state index contributed by atoms with van der Waals surface area (Å²) in [5, 5.41) is 7.36. The van der Waals surface area contributed by atoms with Gasteiger partial charge in [0.05, 0.1) is 6.20 Å². The van der Waals surface area contributed by atoms with Crippen molar-refractivity contribution in [1.82, 2.24) is 15.0 Å². The van der Waals surface area contributed by atoms with Crippen molar-refractivity contribution in [2.75, 3.05) is 7.11 Å². The second-order valence-electron chi connectivity index (χ2n) is 3.12. The van der Waals surface area contributed by atoms with Gasteiger partial charge in [0, 0.05) is 14.2 Å². The summed E-state index contributed by atoms with van der Waals surface area (Å²) in [6.45, 7) is 2.01. The Balaban J connectivity index is 2.78. The van der Waals surface area contributed by atoms with Crippen molar-refractivity contribution >= 4 is 5.78 Å². The molecule has 5 heteroatoms. The fourth-order valence-electron chi connectivity index (χ4n) is 1.30. The van der Waals surface area contributed by atoms with Gasteiger partial charge in [0.1, 0.15) is 11.8 Å². The van der Waals surface area contributed by atoms with Gasteiger partial charge >= 0.3 is 0 Å². The van der Waals surface area contributed by atoms with Crippen LogP contribution in [0.4, 0.5) is 0 Å². The standard InChI is InChI=1S/C9H15N3O2/c1-4-5-8(14-3)9(13)7-6-10-11-12(7)2/h6,8H,4-5H2,1-3H3. The molecule has 0 spiro atoms. The molecule has 0 saturated heterocycles. The van der Waals surface area contributed by atoms with E-state index in [0.29, 0.717) is 5.69 Å². The largest absolute Gasteiger partial charge is 0.373 e. The zero-order valence-corrected chi connectivity index (χ0v) is 8.73. The topological polar surface area (TPSA) is 57.0 Å². The molecule has 1 atom stereocenters. The van der Waals surface area contributed by atoms with Crippen molar-refractivity contribution in [3.05, 3.63) is 11.9 Å². The Kier molecular flexibility index (Phi) is 3.76. The van der Waals surface area contributed by atoms with Crippen LogP contribution in [-0.2, 0) is 11.8 Å². The van der Waals surface area contributed by atoms with Gasteiger partial charge in [-0.05, 0) is 6.42 Å². The van der Waals surface area contributed by atoms with Crippen LogP contribution in [0, 0.1) is 0 Å². The van der Waals surface area contributed by atoms with Crippen molar-refractivity contribution in [1.29, 1.82) is 0 Å². The average molecular weight is 197 g/mol. The molecule has 1 rings (SSSR count). The first-order valence-corrected chi connectivity index (χ1v) is 4.62. The number of rotatable bonds is 5. The molecule has 0 aromatic carbocycles. The zero-order valence-electron chi connectivity index (χ0n) is 8.73. The van der Waals surface area contributed by atoms with Crippen LogP contribution < -0.4 is 0 Å². The number of methoxy groups -OCH3 is 1. The Labute approximate surface area is 83.1 Å². The van der Waals surface area contributed by atoms with Crippen molar-refractivity contribution in [3.8, 4) is 0 Å². The highest BCUT2D eigenvalue weighted by atomic mass is 16.5. The molecule has 0 fully saturated rings. The van der Waals surface area contributed by atoms with Gasteiger partial charge in [-0.15, -0.1) is 5.10 Å². The van der Waals surface area contributed by atoms with Crippen molar-refractivity contribution < 1.29 is 9.53 Å². The van der Waals surface area contributed by atoms with E-state index in [4.69, 9.17) is 4.74 Å². The molecule has 0 aliphatic heterocycles. The third-order valence-corrected chi connectivity index (χ3v) is 2.09. The minimum Gasteiger partial charge on any atom is -0.373 e. The smallest absolute Gasteiger partial charge is 0.211 e. The molecule has 1 aromatic rings. The third kappa shape index (κ3) is 2.17. The summed E-state index contributed by atoms with van der Waals surface area (Å²) in [7, 11) is 3.24. The number of aryl methyl sites for hydroxylation is 1. The maximum absolute atomic E-state index is 11.8. The van der Waals surface area contributed by atoms with Gasteiger partial charge in [0.15, 0.2) is 0 Å². The summed E-state index contributed by atoms with van der Waals surface area (Å²) in [4.78, 5) is 11.8. The highest BCUT2D eigenvalue weighted by Crippen LogP contribution is 2.08. The molecular formula is C9H15N3O2. The van der Waals surface area contributed by atoms with E-state index >= 15 is 0 Å². The first-order chi connectivity index (χ1) is 6.70. The fraction of sp³-hybridized carbons (Fsp3) is 0.667. The lowest BCUT2D eigenvalue weighted by Crippen LogP contribution is -2.25. The SMILES string of the molecule is CCCC(OC)C(=O)c1cnnn1C. The van der Waals surface area contributed by atoms with Crippen LogP contribution in [0.3, 0.4) is 0 Å². The van der Waals surface area contributed by atoms with E-state index in [-0.39, 0.29) is 11.9 Å². The van der Waals surface area contributed by atoms with E-state index in [1.165, 1.54) is 10.9 Å². The number of Topliss-reactive ketones (excluding diaryl/α,β-unsaturated/α-hetero) is 1. The van der Waals surface area contributed by atoms with Crippen LogP contribution in [0.2, 0.25) is 0 Å². The van der Waals surface area contributed by atoms with Gasteiger partial charge in [-0.3, -0.25) is 4.79 Å². The Morgan fingerprint density at radius 2 is 2.43 bits per heavy atom. The summed E-state index contributed by atoms with van der Waals surface area (Å²) in [5.41, 5.74) is 0.491. The molecule has 0 aliphatic rings. The number of carbonyl (C=O) groups is 1. The van der Waals surface area contributed by atoms with E-state index in [1.54, 1.807) is 14.2 Å². The second-order valence-corrected chi connectivity index (χ2v) is 3.12. The van der Waals surface area contributed by atoms with Crippen LogP contribution in [0.1, 0.15) is 30.3 Å². The summed E-state index contributed by atoms with van der Waals surface area (Å²) in [6, 6.07) is 0. The van der Waals surface area contributed by atoms with E-state index < -0.39 is 0 Å². The lowest BCUT2D eigenvalue weighted by molar-refractivity contribution is 0.0569. The quantitative estimate of drug-likeness (QED) is 0.655. The number of aromatic nitrogens is 3. The van der Waals surface area contributed by atoms with E-state index in [0.717, 1.165) is 12.8 Å². The number of carbonyl (C=O) groups excluding carboxylic acids is 1. The lowest BCUT2D eigenvalue weighted by atomic mass is 10.1. The van der Waals surface area contributed by atoms with Crippen LogP contribution >= 0.6 is 0 Å². The zero-order chi connectivity index (χ0) is 10.6. The Bertz CT molecular complexity index is 309. The number of hydrogen-bond acceptors (Lipinski definition) is 4. The van der Waals surface area contributed by atoms with Gasteiger partial charge in [-0.1, -0.05) is 18.6 Å². The van der Waals surface area contributed by atoms with E-state index in [2.05, 4.69) is 10.3 Å². The molecule has 0 radical (unpaired) electrons. The van der Waals surface area contributed by atoms with Crippen LogP contribution in [0.5, 0.6) is 0 Å². The normalized spacial score (nSPS) is 12.8. The second kappa shape index (κ2) is 4.85. The van der Waals surface area contributed by atoms with Crippen LogP contribution in [0.15, 0.2) is 6.20 Å². The predicted molar refractivity (Wildman–Crippen MR) is 51.0 cm³/mol. The highest BCUT2D eigenvalue weighted by molar-refractivity contribution is 5.97. The first-order valence-electron chi connectivity index (χ1n) is 4.62. The highest BCUT2D eigenvalue weighted by Gasteiger charge is 2.21. The molecule has 0 N–H and O–H groups in total. The monoisotopic (exact) mass is 197 g/mol. The Morgan fingerprint density at radius 1 is 1.71 bits per heavy atom. The van der Waals surface area contributed by atoms with Gasteiger partial charge in [-0.25, -0.2) is 4.68 Å². The molecule has 1 aromatic heterocycles. The molecule has 0 saturated carbocycles. The molecule has 0 amide bonds. The average Bonchev–Trinajstić information content (AvgIpc) is 2.59. The molecule has 0 aliphatic carbocycles. The summed E-state index contributed by atoms with van der Waals surface area (Å²) in [6.07, 6.45) is 2.72. The van der Waals surface area contributed by atoms with Crippen molar-refractivity contribution in [2.45, 2.75) is 25.9 Å². The van der Waals surface area contributed by atoms with Gasteiger partial charge in [0.2, 0.25) is 5.78 Å². The third-order valence-electron chi connectivity index (χ3n) is 2.09. The minimum absolute atomic E-state index is 0.0538. The van der Waals surface area contributed by atoms with E-state index in [1.807, 2.05) is 6.92 Å². The maximum Gasteiger partial charge on any atom is 0.211 e. The van der Waals surface area contributed by atoms with Gasteiger partial charge in [0.25, 0.3) is 0 Å². The van der Waals surface area contributed by atoms with Crippen molar-refractivity contribution in [3.63, 3.8) is 0 Å². The van der Waals surface area contributed by atoms with Crippen molar-refractivity contribution in [2.24, 2.45) is 7.05 Å². The maximum atomic E-state index is 11.8. The Morgan fingerprint density at radius 3 is 2.86 bits per heavy atom. The molecule has 14 heavy (non-hydrogen) atoms. The number of nitrogens with zero attached hydrogens (tertiary/aromatic N) is 3. The molecular weight excluding hydrogens is 182 g/mol. The lowest BCUT2D eigenvalue weighted by Gasteiger charge is -2.12. The predicted octanol–water partition coefficient (Wildman–Crippen LogP) is 0.813. The minimum atomic E-state index is -0.378. The molecule has 5 nitrogen and oxygen atoms in total. The van der Waals surface area contributed by atoms with Crippen LogP contribution in [-0.4, -0.2) is 34.0 Å². The molecule has 1 unspecified atom stereocenters. The van der Waals surface area contributed by atoms with Gasteiger partial charge < -0.3 is 4.74 Å². The molecule has 1 heterocycles. The molecule has 0 bridgehead atoms. The number of hydrogen-bond donors (Lipinski definition) is 0. The van der Waals surface area contributed by atoms with E-state index in [9.17, 15) is 4.79 Å². The Hall–Kier alpha value is -1.23. The number of ether oxygens (including phenoxy) is 1. The summed E-state index contributed by atoms with van der Waals surface area (Å²) >= 11 is 0. The fourth-order valence-corrected chi connectivity index (χ4v) is 1.30. The summed E-state index contributed by atoms with van der Waals surface area (Å²) in [5.74, 6) is -0.0538. The number of ketones is 1. The van der Waals surface area contributed by atoms with Gasteiger partial charge in [-0.2, -0.15) is 0 Å².